The zero-order valence-corrected chi connectivity index (χ0v) is 16.0. The number of rotatable bonds is 7. The van der Waals surface area contributed by atoms with Gasteiger partial charge in [-0.15, -0.1) is 0 Å². The number of nitrogens with one attached hydrogen (secondary N) is 1. The van der Waals surface area contributed by atoms with Gasteiger partial charge in [0.1, 0.15) is 0 Å². The number of hydrogen-bond donors (Lipinski definition) is 1. The third-order valence-electron chi connectivity index (χ3n) is 3.70. The first kappa shape index (κ1) is 21.4. The van der Waals surface area contributed by atoms with Gasteiger partial charge in [-0.3, -0.25) is 4.79 Å². The lowest BCUT2D eigenvalue weighted by Gasteiger charge is -2.13. The standard InChI is InChI=1S/C19H18Cl2F3NO2/c1-2-3-4-8-27-17-15(20)9-12(10-16(17)21)18(26)25-14-7-5-6-13(11-14)19(22,23)24/h5-7,9-11H,2-4,8H2,1H3,(H,25,26). The molecule has 0 radical (unpaired) electrons. The van der Waals surface area contributed by atoms with Crippen LogP contribution in [-0.2, 0) is 6.18 Å². The first-order chi connectivity index (χ1) is 12.7. The summed E-state index contributed by atoms with van der Waals surface area (Å²) in [5, 5.41) is 2.73. The van der Waals surface area contributed by atoms with Crippen LogP contribution in [0.1, 0.15) is 42.1 Å². The zero-order chi connectivity index (χ0) is 20.0. The third kappa shape index (κ3) is 6.04. The Bertz CT molecular complexity index is 787. The van der Waals surface area contributed by atoms with Crippen LogP contribution >= 0.6 is 23.2 Å². The average Bonchev–Trinajstić information content (AvgIpc) is 2.59. The van der Waals surface area contributed by atoms with Crippen LogP contribution in [0.5, 0.6) is 5.75 Å². The van der Waals surface area contributed by atoms with Crippen LogP contribution in [0, 0.1) is 0 Å². The van der Waals surface area contributed by atoms with Gasteiger partial charge in [-0.05, 0) is 36.8 Å². The molecule has 0 aliphatic carbocycles. The van der Waals surface area contributed by atoms with Crippen LogP contribution in [0.2, 0.25) is 10.0 Å². The van der Waals surface area contributed by atoms with Gasteiger partial charge in [-0.25, -0.2) is 0 Å². The van der Waals surface area contributed by atoms with Gasteiger partial charge in [0.05, 0.1) is 22.2 Å². The largest absolute Gasteiger partial charge is 0.490 e. The molecule has 0 aliphatic heterocycles. The van der Waals surface area contributed by atoms with Crippen LogP contribution in [-0.4, -0.2) is 12.5 Å². The fraction of sp³-hybridized carbons (Fsp3) is 0.316. The number of benzene rings is 2. The second-order valence-corrected chi connectivity index (χ2v) is 6.67. The molecular formula is C19H18Cl2F3NO2. The van der Waals surface area contributed by atoms with E-state index >= 15 is 0 Å². The minimum Gasteiger partial charge on any atom is -0.490 e. The van der Waals surface area contributed by atoms with E-state index in [9.17, 15) is 18.0 Å². The maximum Gasteiger partial charge on any atom is 0.416 e. The summed E-state index contributed by atoms with van der Waals surface area (Å²) < 4.78 is 43.9. The summed E-state index contributed by atoms with van der Waals surface area (Å²) in [7, 11) is 0. The number of unbranched alkanes of at least 4 members (excludes halogenated alkanes) is 2. The van der Waals surface area contributed by atoms with Crippen molar-refractivity contribution in [3.63, 3.8) is 0 Å². The Morgan fingerprint density at radius 2 is 1.78 bits per heavy atom. The molecule has 0 saturated carbocycles. The van der Waals surface area contributed by atoms with Gasteiger partial charge in [0.25, 0.3) is 5.91 Å². The van der Waals surface area contributed by atoms with Crippen LogP contribution < -0.4 is 10.1 Å². The predicted molar refractivity (Wildman–Crippen MR) is 101 cm³/mol. The van der Waals surface area contributed by atoms with Crippen molar-refractivity contribution in [2.45, 2.75) is 32.4 Å². The summed E-state index contributed by atoms with van der Waals surface area (Å²) in [6.45, 7) is 2.51. The minimum atomic E-state index is -4.50. The van der Waals surface area contributed by atoms with E-state index in [4.69, 9.17) is 27.9 Å². The maximum atomic E-state index is 12.8. The SMILES string of the molecule is CCCCCOc1c(Cl)cc(C(=O)Nc2cccc(C(F)(F)F)c2)cc1Cl. The van der Waals surface area contributed by atoms with Gasteiger partial charge in [0, 0.05) is 11.3 Å². The maximum absolute atomic E-state index is 12.8. The van der Waals surface area contributed by atoms with Gasteiger partial charge < -0.3 is 10.1 Å². The highest BCUT2D eigenvalue weighted by Crippen LogP contribution is 2.35. The highest BCUT2D eigenvalue weighted by atomic mass is 35.5. The van der Waals surface area contributed by atoms with Crippen molar-refractivity contribution in [2.75, 3.05) is 11.9 Å². The van der Waals surface area contributed by atoms with Crippen molar-refractivity contribution < 1.29 is 22.7 Å². The van der Waals surface area contributed by atoms with E-state index < -0.39 is 17.6 Å². The van der Waals surface area contributed by atoms with Crippen LogP contribution in [0.25, 0.3) is 0 Å². The van der Waals surface area contributed by atoms with E-state index in [1.807, 2.05) is 0 Å². The molecule has 1 amide bonds. The van der Waals surface area contributed by atoms with Gasteiger partial charge in [-0.2, -0.15) is 13.2 Å². The molecule has 2 aromatic carbocycles. The second kappa shape index (κ2) is 9.33. The first-order valence-corrected chi connectivity index (χ1v) is 9.08. The number of carbonyl (C=O) groups excluding carboxylic acids is 1. The molecule has 146 valence electrons. The molecule has 0 atom stereocenters. The molecule has 0 heterocycles. The van der Waals surface area contributed by atoms with Crippen molar-refractivity contribution in [1.29, 1.82) is 0 Å². The lowest BCUT2D eigenvalue weighted by molar-refractivity contribution is -0.137. The van der Waals surface area contributed by atoms with Crippen LogP contribution in [0.4, 0.5) is 18.9 Å². The molecule has 27 heavy (non-hydrogen) atoms. The molecule has 8 heteroatoms. The minimum absolute atomic E-state index is 0.0157. The van der Waals surface area contributed by atoms with Gasteiger partial charge in [0.15, 0.2) is 5.75 Å². The summed E-state index contributed by atoms with van der Waals surface area (Å²) in [5.41, 5.74) is -0.725. The second-order valence-electron chi connectivity index (χ2n) is 5.86. The quantitative estimate of drug-likeness (QED) is 0.499. The molecule has 0 fully saturated rings. The van der Waals surface area contributed by atoms with Gasteiger partial charge in [-0.1, -0.05) is 49.0 Å². The number of halogens is 5. The Hall–Kier alpha value is -1.92. The molecule has 0 aromatic heterocycles. The molecule has 0 saturated heterocycles. The zero-order valence-electron chi connectivity index (χ0n) is 14.5. The Morgan fingerprint density at radius 1 is 1.11 bits per heavy atom. The molecule has 0 bridgehead atoms. The Labute approximate surface area is 165 Å². The normalized spacial score (nSPS) is 11.3. The number of anilines is 1. The van der Waals surface area contributed by atoms with Crippen molar-refractivity contribution >= 4 is 34.8 Å². The topological polar surface area (TPSA) is 38.3 Å². The van der Waals surface area contributed by atoms with Gasteiger partial charge in [0.2, 0.25) is 0 Å². The average molecular weight is 420 g/mol. The van der Waals surface area contributed by atoms with E-state index in [1.165, 1.54) is 24.3 Å². The fourth-order valence-corrected chi connectivity index (χ4v) is 2.93. The summed E-state index contributed by atoms with van der Waals surface area (Å²) in [6, 6.07) is 7.09. The van der Waals surface area contributed by atoms with E-state index in [0.717, 1.165) is 31.4 Å². The Kier molecular flexibility index (Phi) is 7.39. The summed E-state index contributed by atoms with van der Waals surface area (Å²) in [6.07, 6.45) is -1.60. The highest BCUT2D eigenvalue weighted by molar-refractivity contribution is 6.37. The fourth-order valence-electron chi connectivity index (χ4n) is 2.33. The number of amides is 1. The summed E-state index contributed by atoms with van der Waals surface area (Å²) in [5.74, 6) is -0.347. The van der Waals surface area contributed by atoms with Gasteiger partial charge >= 0.3 is 6.18 Å². The molecule has 1 N–H and O–H groups in total. The number of alkyl halides is 3. The third-order valence-corrected chi connectivity index (χ3v) is 4.26. The molecule has 0 aliphatic rings. The summed E-state index contributed by atoms with van der Waals surface area (Å²) >= 11 is 12.3. The van der Waals surface area contributed by atoms with E-state index in [-0.39, 0.29) is 27.0 Å². The molecule has 2 rings (SSSR count). The van der Waals surface area contributed by atoms with E-state index in [0.29, 0.717) is 6.61 Å². The molecule has 3 nitrogen and oxygen atoms in total. The van der Waals surface area contributed by atoms with Crippen molar-refractivity contribution in [1.82, 2.24) is 0 Å². The Balaban J connectivity index is 2.13. The first-order valence-electron chi connectivity index (χ1n) is 8.33. The number of ether oxygens (including phenoxy) is 1. The molecular weight excluding hydrogens is 402 g/mol. The summed E-state index contributed by atoms with van der Waals surface area (Å²) in [4.78, 5) is 12.3. The molecule has 2 aromatic rings. The highest BCUT2D eigenvalue weighted by Gasteiger charge is 2.30. The monoisotopic (exact) mass is 419 g/mol. The van der Waals surface area contributed by atoms with Crippen molar-refractivity contribution in [3.05, 3.63) is 57.6 Å². The van der Waals surface area contributed by atoms with Crippen LogP contribution in [0.15, 0.2) is 36.4 Å². The van der Waals surface area contributed by atoms with Crippen molar-refractivity contribution in [3.8, 4) is 5.75 Å². The number of hydrogen-bond acceptors (Lipinski definition) is 2. The number of carbonyl (C=O) groups is 1. The van der Waals surface area contributed by atoms with Crippen LogP contribution in [0.3, 0.4) is 0 Å². The molecule has 0 unspecified atom stereocenters. The lowest BCUT2D eigenvalue weighted by atomic mass is 10.1. The van der Waals surface area contributed by atoms with Crippen molar-refractivity contribution in [2.24, 2.45) is 0 Å². The van der Waals surface area contributed by atoms with E-state index in [2.05, 4.69) is 12.2 Å². The predicted octanol–water partition coefficient (Wildman–Crippen LogP) is 6.83. The lowest BCUT2D eigenvalue weighted by Crippen LogP contribution is -2.13. The molecule has 0 spiro atoms. The van der Waals surface area contributed by atoms with E-state index in [1.54, 1.807) is 0 Å². The smallest absolute Gasteiger partial charge is 0.416 e. The Morgan fingerprint density at radius 3 is 2.37 bits per heavy atom.